The summed E-state index contributed by atoms with van der Waals surface area (Å²) in [5, 5.41) is 5.34. The number of rotatable bonds is 2. The minimum Gasteiger partial charge on any atom is -0.378 e. The van der Waals surface area contributed by atoms with Crippen molar-refractivity contribution in [3.8, 4) is 0 Å². The lowest BCUT2D eigenvalue weighted by atomic mass is 10.2. The maximum atomic E-state index is 13.2. The zero-order valence-electron chi connectivity index (χ0n) is 9.30. The van der Waals surface area contributed by atoms with E-state index in [9.17, 15) is 9.18 Å². The monoisotopic (exact) mass is 292 g/mol. The SMILES string of the molecule is O=C(Nc1cc(Cl)c(F)c(Cl)c1)C1COCCN1. The summed E-state index contributed by atoms with van der Waals surface area (Å²) in [4.78, 5) is 11.8. The van der Waals surface area contributed by atoms with Crippen LogP contribution in [0, 0.1) is 5.82 Å². The summed E-state index contributed by atoms with van der Waals surface area (Å²) in [6.45, 7) is 1.50. The zero-order valence-corrected chi connectivity index (χ0v) is 10.8. The number of morpholine rings is 1. The Labute approximate surface area is 113 Å². The molecule has 1 unspecified atom stereocenters. The van der Waals surface area contributed by atoms with E-state index in [-0.39, 0.29) is 16.0 Å². The van der Waals surface area contributed by atoms with Gasteiger partial charge >= 0.3 is 0 Å². The first-order valence-corrected chi connectivity index (χ1v) is 6.10. The van der Waals surface area contributed by atoms with Crippen LogP contribution in [0.15, 0.2) is 12.1 Å². The van der Waals surface area contributed by atoms with Crippen LogP contribution in [0.3, 0.4) is 0 Å². The topological polar surface area (TPSA) is 50.4 Å². The van der Waals surface area contributed by atoms with E-state index in [1.54, 1.807) is 0 Å². The van der Waals surface area contributed by atoms with E-state index in [0.717, 1.165) is 0 Å². The van der Waals surface area contributed by atoms with Crippen LogP contribution >= 0.6 is 23.2 Å². The average Bonchev–Trinajstić information content (AvgIpc) is 2.37. The number of nitrogens with one attached hydrogen (secondary N) is 2. The first kappa shape index (κ1) is 13.5. The molecule has 1 aromatic carbocycles. The highest BCUT2D eigenvalue weighted by atomic mass is 35.5. The summed E-state index contributed by atoms with van der Waals surface area (Å²) < 4.78 is 18.4. The minimum absolute atomic E-state index is 0.134. The second-order valence-electron chi connectivity index (χ2n) is 3.82. The van der Waals surface area contributed by atoms with Crippen LogP contribution in [-0.4, -0.2) is 31.7 Å². The van der Waals surface area contributed by atoms with Gasteiger partial charge in [0.1, 0.15) is 6.04 Å². The fourth-order valence-corrected chi connectivity index (χ4v) is 2.08. The lowest BCUT2D eigenvalue weighted by Gasteiger charge is -2.23. The maximum absolute atomic E-state index is 13.2. The molecule has 98 valence electrons. The minimum atomic E-state index is -0.699. The molecule has 0 aliphatic carbocycles. The van der Waals surface area contributed by atoms with Crippen LogP contribution in [0.25, 0.3) is 0 Å². The molecule has 1 aromatic rings. The third-order valence-corrected chi connectivity index (χ3v) is 3.04. The number of anilines is 1. The molecule has 0 aromatic heterocycles. The molecule has 1 saturated heterocycles. The van der Waals surface area contributed by atoms with Crippen LogP contribution in [0.5, 0.6) is 0 Å². The van der Waals surface area contributed by atoms with Crippen LogP contribution < -0.4 is 10.6 Å². The van der Waals surface area contributed by atoms with E-state index in [1.807, 2.05) is 0 Å². The van der Waals surface area contributed by atoms with Crippen molar-refractivity contribution in [1.82, 2.24) is 5.32 Å². The predicted molar refractivity (Wildman–Crippen MR) is 67.7 cm³/mol. The molecule has 2 rings (SSSR count). The molecular formula is C11H11Cl2FN2O2. The largest absolute Gasteiger partial charge is 0.378 e. The van der Waals surface area contributed by atoms with Gasteiger partial charge in [0.25, 0.3) is 0 Å². The van der Waals surface area contributed by atoms with Gasteiger partial charge in [-0.05, 0) is 12.1 Å². The number of amides is 1. The Morgan fingerprint density at radius 1 is 1.44 bits per heavy atom. The van der Waals surface area contributed by atoms with Gasteiger partial charge in [-0.3, -0.25) is 4.79 Å². The lowest BCUT2D eigenvalue weighted by Crippen LogP contribution is -2.48. The van der Waals surface area contributed by atoms with Crippen molar-refractivity contribution in [2.45, 2.75) is 6.04 Å². The van der Waals surface area contributed by atoms with Crippen molar-refractivity contribution in [3.63, 3.8) is 0 Å². The van der Waals surface area contributed by atoms with Crippen molar-refractivity contribution in [1.29, 1.82) is 0 Å². The first-order chi connectivity index (χ1) is 8.58. The fourth-order valence-electron chi connectivity index (χ4n) is 1.59. The number of halogens is 3. The van der Waals surface area contributed by atoms with Gasteiger partial charge in [0.05, 0.1) is 23.3 Å². The zero-order chi connectivity index (χ0) is 13.1. The molecule has 1 amide bonds. The van der Waals surface area contributed by atoms with Gasteiger partial charge in [-0.2, -0.15) is 0 Å². The van der Waals surface area contributed by atoms with E-state index in [1.165, 1.54) is 12.1 Å². The Kier molecular flexibility index (Phi) is 4.40. The second kappa shape index (κ2) is 5.84. The number of hydrogen-bond donors (Lipinski definition) is 2. The summed E-state index contributed by atoms with van der Waals surface area (Å²) in [6, 6.07) is 2.19. The maximum Gasteiger partial charge on any atom is 0.243 e. The smallest absolute Gasteiger partial charge is 0.243 e. The molecule has 1 aliphatic heterocycles. The summed E-state index contributed by atoms with van der Waals surface area (Å²) >= 11 is 11.3. The first-order valence-electron chi connectivity index (χ1n) is 5.34. The molecule has 1 aliphatic rings. The molecule has 0 bridgehead atoms. The second-order valence-corrected chi connectivity index (χ2v) is 4.64. The van der Waals surface area contributed by atoms with Gasteiger partial charge in [-0.15, -0.1) is 0 Å². The fraction of sp³-hybridized carbons (Fsp3) is 0.364. The van der Waals surface area contributed by atoms with Crippen LogP contribution in [-0.2, 0) is 9.53 Å². The van der Waals surface area contributed by atoms with E-state index in [0.29, 0.717) is 25.4 Å². The Morgan fingerprint density at radius 2 is 2.11 bits per heavy atom. The van der Waals surface area contributed by atoms with Crippen molar-refractivity contribution in [3.05, 3.63) is 28.0 Å². The van der Waals surface area contributed by atoms with Gasteiger partial charge in [-0.1, -0.05) is 23.2 Å². The standard InChI is InChI=1S/C11H11Cl2FN2O2/c12-7-3-6(4-8(13)10(7)14)16-11(17)9-5-18-2-1-15-9/h3-4,9,15H,1-2,5H2,(H,16,17). The molecule has 1 atom stereocenters. The summed E-state index contributed by atoms with van der Waals surface area (Å²) in [5.41, 5.74) is 0.351. The Bertz CT molecular complexity index is 441. The molecule has 0 radical (unpaired) electrons. The molecule has 7 heteroatoms. The van der Waals surface area contributed by atoms with Crippen molar-refractivity contribution in [2.75, 3.05) is 25.1 Å². The van der Waals surface area contributed by atoms with Crippen molar-refractivity contribution in [2.24, 2.45) is 0 Å². The number of carbonyl (C=O) groups is 1. The molecule has 18 heavy (non-hydrogen) atoms. The Balaban J connectivity index is 2.06. The Hall–Kier alpha value is -0.880. The van der Waals surface area contributed by atoms with E-state index in [2.05, 4.69) is 10.6 Å². The summed E-state index contributed by atoms with van der Waals surface area (Å²) in [7, 11) is 0. The summed E-state index contributed by atoms with van der Waals surface area (Å²) in [5.74, 6) is -0.969. The molecule has 2 N–H and O–H groups in total. The number of hydrogen-bond acceptors (Lipinski definition) is 3. The van der Waals surface area contributed by atoms with Crippen molar-refractivity contribution >= 4 is 34.8 Å². The summed E-state index contributed by atoms with van der Waals surface area (Å²) in [6.07, 6.45) is 0. The van der Waals surface area contributed by atoms with Gasteiger partial charge < -0.3 is 15.4 Å². The molecular weight excluding hydrogens is 282 g/mol. The normalized spacial score (nSPS) is 19.6. The highest BCUT2D eigenvalue weighted by Crippen LogP contribution is 2.27. The molecule has 0 saturated carbocycles. The van der Waals surface area contributed by atoms with Gasteiger partial charge in [-0.25, -0.2) is 4.39 Å². The highest BCUT2D eigenvalue weighted by Gasteiger charge is 2.21. The van der Waals surface area contributed by atoms with Gasteiger partial charge in [0.15, 0.2) is 5.82 Å². The van der Waals surface area contributed by atoms with Crippen LogP contribution in [0.1, 0.15) is 0 Å². The Morgan fingerprint density at radius 3 is 2.67 bits per heavy atom. The van der Waals surface area contributed by atoms with Gasteiger partial charge in [0, 0.05) is 12.2 Å². The third-order valence-electron chi connectivity index (χ3n) is 2.49. The van der Waals surface area contributed by atoms with E-state index in [4.69, 9.17) is 27.9 Å². The van der Waals surface area contributed by atoms with Crippen LogP contribution in [0.2, 0.25) is 10.0 Å². The third kappa shape index (κ3) is 3.11. The molecule has 1 fully saturated rings. The number of carbonyl (C=O) groups excluding carboxylic acids is 1. The van der Waals surface area contributed by atoms with E-state index < -0.39 is 11.9 Å². The van der Waals surface area contributed by atoms with E-state index >= 15 is 0 Å². The van der Waals surface area contributed by atoms with Crippen LogP contribution in [0.4, 0.5) is 10.1 Å². The lowest BCUT2D eigenvalue weighted by molar-refractivity contribution is -0.120. The molecule has 4 nitrogen and oxygen atoms in total. The number of benzene rings is 1. The van der Waals surface area contributed by atoms with Crippen molar-refractivity contribution < 1.29 is 13.9 Å². The predicted octanol–water partition coefficient (Wildman–Crippen LogP) is 2.06. The average molecular weight is 293 g/mol. The molecule has 1 heterocycles. The quantitative estimate of drug-likeness (QED) is 0.821. The molecule has 0 spiro atoms. The van der Waals surface area contributed by atoms with Gasteiger partial charge in [0.2, 0.25) is 5.91 Å². The highest BCUT2D eigenvalue weighted by molar-refractivity contribution is 6.35. The number of ether oxygens (including phenoxy) is 1.